The lowest BCUT2D eigenvalue weighted by atomic mass is 9.88. The zero-order valence-electron chi connectivity index (χ0n) is 10.8. The number of hydrogen-bond acceptors (Lipinski definition) is 1. The predicted molar refractivity (Wildman–Crippen MR) is 69.0 cm³/mol. The summed E-state index contributed by atoms with van der Waals surface area (Å²) in [5.41, 5.74) is -2.16. The van der Waals surface area contributed by atoms with Gasteiger partial charge in [-0.3, -0.25) is 0 Å². The molecule has 1 atom stereocenters. The minimum atomic E-state index is -4.71. The molecule has 1 N–H and O–H groups in total. The van der Waals surface area contributed by atoms with Gasteiger partial charge in [0.25, 0.3) is 0 Å². The van der Waals surface area contributed by atoms with E-state index < -0.39 is 11.8 Å². The molecule has 0 aliphatic carbocycles. The smallest absolute Gasteiger partial charge is 0.376 e. The van der Waals surface area contributed by atoms with Gasteiger partial charge in [0.05, 0.1) is 0 Å². The molecule has 0 radical (unpaired) electrons. The second kappa shape index (κ2) is 4.53. The molecule has 2 rings (SSSR count). The molecule has 1 nitrogen and oxygen atoms in total. The number of aliphatic hydroxyl groups is 1. The van der Waals surface area contributed by atoms with Gasteiger partial charge in [0.15, 0.2) is 5.60 Å². The fraction of sp³-hybridized carbons (Fsp3) is 0.333. The molecule has 19 heavy (non-hydrogen) atoms. The maximum atomic E-state index is 13.0. The second-order valence-corrected chi connectivity index (χ2v) is 4.79. The molecule has 0 heterocycles. The fourth-order valence-corrected chi connectivity index (χ4v) is 2.13. The van der Waals surface area contributed by atoms with Crippen LogP contribution in [-0.2, 0) is 12.0 Å². The van der Waals surface area contributed by atoms with E-state index in [9.17, 15) is 18.3 Å². The molecule has 2 aromatic rings. The van der Waals surface area contributed by atoms with Crippen molar-refractivity contribution >= 4 is 10.8 Å². The molecule has 1 unspecified atom stereocenters. The summed E-state index contributed by atoms with van der Waals surface area (Å²) < 4.78 is 39.1. The highest BCUT2D eigenvalue weighted by Crippen LogP contribution is 2.41. The van der Waals surface area contributed by atoms with Crippen LogP contribution in [0.2, 0.25) is 0 Å². The van der Waals surface area contributed by atoms with Crippen LogP contribution in [0.1, 0.15) is 25.0 Å². The summed E-state index contributed by atoms with van der Waals surface area (Å²) in [5, 5.41) is 11.1. The highest BCUT2D eigenvalue weighted by Gasteiger charge is 2.51. The lowest BCUT2D eigenvalue weighted by molar-refractivity contribution is -0.258. The number of benzene rings is 2. The van der Waals surface area contributed by atoms with Gasteiger partial charge < -0.3 is 5.11 Å². The first kappa shape index (κ1) is 13.9. The Morgan fingerprint density at radius 3 is 2.32 bits per heavy atom. The standard InChI is InChI=1S/C15H15F3O/c1-3-10-8-11-6-4-5-7-12(11)13(9-10)14(2,19)15(16,17)18/h4-9,19H,3H2,1-2H3. The topological polar surface area (TPSA) is 20.2 Å². The molecular weight excluding hydrogens is 253 g/mol. The van der Waals surface area contributed by atoms with Gasteiger partial charge >= 0.3 is 6.18 Å². The van der Waals surface area contributed by atoms with E-state index in [1.807, 2.05) is 13.0 Å². The minimum Gasteiger partial charge on any atom is -0.376 e. The van der Waals surface area contributed by atoms with E-state index in [-0.39, 0.29) is 5.56 Å². The maximum Gasteiger partial charge on any atom is 0.421 e. The zero-order chi connectivity index (χ0) is 14.3. The molecule has 0 aliphatic rings. The first-order valence-corrected chi connectivity index (χ1v) is 6.08. The molecule has 102 valence electrons. The number of halogens is 3. The van der Waals surface area contributed by atoms with Gasteiger partial charge in [-0.2, -0.15) is 13.2 Å². The van der Waals surface area contributed by atoms with Crippen LogP contribution in [0.4, 0.5) is 13.2 Å². The highest BCUT2D eigenvalue weighted by atomic mass is 19.4. The van der Waals surface area contributed by atoms with Crippen molar-refractivity contribution in [3.05, 3.63) is 47.5 Å². The number of alkyl halides is 3. The molecule has 0 aliphatic heterocycles. The summed E-state index contributed by atoms with van der Waals surface area (Å²) >= 11 is 0. The van der Waals surface area contributed by atoms with Gasteiger partial charge in [-0.25, -0.2) is 0 Å². The Morgan fingerprint density at radius 1 is 1.11 bits per heavy atom. The van der Waals surface area contributed by atoms with Crippen molar-refractivity contribution in [1.82, 2.24) is 0 Å². The molecular formula is C15H15F3O. The average molecular weight is 268 g/mol. The zero-order valence-corrected chi connectivity index (χ0v) is 10.8. The molecule has 2 aromatic carbocycles. The van der Waals surface area contributed by atoms with E-state index in [2.05, 4.69) is 0 Å². The van der Waals surface area contributed by atoms with Gasteiger partial charge in [-0.15, -0.1) is 0 Å². The first-order chi connectivity index (χ1) is 8.77. The molecule has 4 heteroatoms. The maximum absolute atomic E-state index is 13.0. The Balaban J connectivity index is 2.78. The summed E-state index contributed by atoms with van der Waals surface area (Å²) in [7, 11) is 0. The molecule has 0 amide bonds. The largest absolute Gasteiger partial charge is 0.421 e. The lowest BCUT2D eigenvalue weighted by Gasteiger charge is -2.28. The summed E-state index contributed by atoms with van der Waals surface area (Å²) in [5.74, 6) is 0. The first-order valence-electron chi connectivity index (χ1n) is 6.08. The van der Waals surface area contributed by atoms with Crippen molar-refractivity contribution in [3.8, 4) is 0 Å². The summed E-state index contributed by atoms with van der Waals surface area (Å²) in [6.45, 7) is 2.67. The van der Waals surface area contributed by atoms with Gasteiger partial charge in [0, 0.05) is 5.56 Å². The lowest BCUT2D eigenvalue weighted by Crippen LogP contribution is -2.39. The third-order valence-corrected chi connectivity index (χ3v) is 3.41. The van der Waals surface area contributed by atoms with Crippen LogP contribution in [0.25, 0.3) is 10.8 Å². The fourth-order valence-electron chi connectivity index (χ4n) is 2.13. The van der Waals surface area contributed by atoms with E-state index in [0.717, 1.165) is 12.5 Å². The van der Waals surface area contributed by atoms with Crippen LogP contribution in [0.5, 0.6) is 0 Å². The van der Waals surface area contributed by atoms with Crippen molar-refractivity contribution in [2.75, 3.05) is 0 Å². The van der Waals surface area contributed by atoms with Crippen LogP contribution in [0, 0.1) is 0 Å². The summed E-state index contributed by atoms with van der Waals surface area (Å²) in [4.78, 5) is 0. The van der Waals surface area contributed by atoms with Crippen LogP contribution in [0.3, 0.4) is 0 Å². The van der Waals surface area contributed by atoms with Crippen LogP contribution in [-0.4, -0.2) is 11.3 Å². The number of aryl methyl sites for hydroxylation is 1. The van der Waals surface area contributed by atoms with Crippen molar-refractivity contribution in [1.29, 1.82) is 0 Å². The van der Waals surface area contributed by atoms with E-state index in [1.54, 1.807) is 24.3 Å². The molecule has 0 fully saturated rings. The Labute approximate surface area is 109 Å². The number of hydrogen-bond donors (Lipinski definition) is 1. The van der Waals surface area contributed by atoms with E-state index in [0.29, 0.717) is 17.2 Å². The highest BCUT2D eigenvalue weighted by molar-refractivity contribution is 5.87. The van der Waals surface area contributed by atoms with Crippen LogP contribution in [0.15, 0.2) is 36.4 Å². The van der Waals surface area contributed by atoms with Crippen LogP contribution >= 0.6 is 0 Å². The Hall–Kier alpha value is -1.55. The summed E-state index contributed by atoms with van der Waals surface area (Å²) in [6, 6.07) is 10.1. The van der Waals surface area contributed by atoms with Crippen molar-refractivity contribution in [3.63, 3.8) is 0 Å². The third kappa shape index (κ3) is 2.32. The SMILES string of the molecule is CCc1cc(C(C)(O)C(F)(F)F)c2ccccc2c1. The predicted octanol–water partition coefficient (Wildman–Crippen LogP) is 4.17. The molecule has 0 aromatic heterocycles. The van der Waals surface area contributed by atoms with Crippen molar-refractivity contribution in [2.45, 2.75) is 32.0 Å². The van der Waals surface area contributed by atoms with Gasteiger partial charge in [-0.05, 0) is 29.7 Å². The Kier molecular flexibility index (Phi) is 3.31. The van der Waals surface area contributed by atoms with E-state index in [1.165, 1.54) is 6.07 Å². The molecule has 0 bridgehead atoms. The van der Waals surface area contributed by atoms with Crippen molar-refractivity contribution in [2.24, 2.45) is 0 Å². The molecule has 0 saturated heterocycles. The molecule has 0 saturated carbocycles. The van der Waals surface area contributed by atoms with E-state index >= 15 is 0 Å². The van der Waals surface area contributed by atoms with Crippen LogP contribution < -0.4 is 0 Å². The number of fused-ring (bicyclic) bond motifs is 1. The number of rotatable bonds is 2. The minimum absolute atomic E-state index is 0.0880. The normalized spacial score (nSPS) is 15.5. The quantitative estimate of drug-likeness (QED) is 0.866. The van der Waals surface area contributed by atoms with E-state index in [4.69, 9.17) is 0 Å². The Bertz CT molecular complexity index is 600. The van der Waals surface area contributed by atoms with Gasteiger partial charge in [0.1, 0.15) is 0 Å². The van der Waals surface area contributed by atoms with Gasteiger partial charge in [-0.1, -0.05) is 43.3 Å². The third-order valence-electron chi connectivity index (χ3n) is 3.41. The monoisotopic (exact) mass is 268 g/mol. The average Bonchev–Trinajstić information content (AvgIpc) is 2.36. The summed E-state index contributed by atoms with van der Waals surface area (Å²) in [6.07, 6.45) is -4.09. The molecule has 0 spiro atoms. The Morgan fingerprint density at radius 2 is 1.74 bits per heavy atom. The second-order valence-electron chi connectivity index (χ2n) is 4.79. The van der Waals surface area contributed by atoms with Crippen molar-refractivity contribution < 1.29 is 18.3 Å². The van der Waals surface area contributed by atoms with Gasteiger partial charge in [0.2, 0.25) is 0 Å².